The molecule has 2 aromatic heterocycles. The Kier molecular flexibility index (Phi) is 5.61. The maximum absolute atomic E-state index is 9.35. The van der Waals surface area contributed by atoms with E-state index in [1.807, 2.05) is 66.1 Å². The van der Waals surface area contributed by atoms with E-state index in [9.17, 15) is 5.26 Å². The molecule has 0 atom stereocenters. The molecule has 0 radical (unpaired) electrons. The zero-order chi connectivity index (χ0) is 20.2. The van der Waals surface area contributed by atoms with Gasteiger partial charge in [-0.05, 0) is 48.4 Å². The van der Waals surface area contributed by atoms with Gasteiger partial charge in [0, 0.05) is 28.7 Å². The van der Waals surface area contributed by atoms with Crippen molar-refractivity contribution in [3.8, 4) is 23.1 Å². The highest BCUT2D eigenvalue weighted by Crippen LogP contribution is 2.33. The highest BCUT2D eigenvalue weighted by atomic mass is 35.5. The highest BCUT2D eigenvalue weighted by molar-refractivity contribution is 7.98. The number of thioether (sulfide) groups is 1. The molecule has 0 amide bonds. The number of benzene rings is 2. The molecule has 0 saturated carbocycles. The van der Waals surface area contributed by atoms with Crippen LogP contribution in [0.4, 0.5) is 0 Å². The van der Waals surface area contributed by atoms with Gasteiger partial charge in [0.25, 0.3) is 0 Å². The summed E-state index contributed by atoms with van der Waals surface area (Å²) in [6.45, 7) is 1.98. The lowest BCUT2D eigenvalue weighted by molar-refractivity contribution is 0.880. The van der Waals surface area contributed by atoms with E-state index < -0.39 is 0 Å². The molecule has 0 aliphatic rings. The van der Waals surface area contributed by atoms with Crippen molar-refractivity contribution >= 4 is 23.4 Å². The molecule has 0 N–H and O–H groups in total. The van der Waals surface area contributed by atoms with E-state index in [0.717, 1.165) is 27.5 Å². The maximum atomic E-state index is 9.35. The molecule has 5 nitrogen and oxygen atoms in total. The lowest BCUT2D eigenvalue weighted by Gasteiger charge is -2.14. The Bertz CT molecular complexity index is 1200. The van der Waals surface area contributed by atoms with Crippen LogP contribution in [0.25, 0.3) is 17.1 Å². The van der Waals surface area contributed by atoms with E-state index in [1.54, 1.807) is 12.4 Å². The van der Waals surface area contributed by atoms with Crippen LogP contribution >= 0.6 is 23.4 Å². The molecule has 7 heteroatoms. The van der Waals surface area contributed by atoms with E-state index in [-0.39, 0.29) is 0 Å². The average molecular weight is 418 g/mol. The second-order valence-electron chi connectivity index (χ2n) is 6.32. The van der Waals surface area contributed by atoms with Gasteiger partial charge in [-0.2, -0.15) is 5.26 Å². The van der Waals surface area contributed by atoms with Gasteiger partial charge in [0.05, 0.1) is 17.3 Å². The molecule has 4 aromatic rings. The first kappa shape index (κ1) is 19.2. The van der Waals surface area contributed by atoms with Crippen LogP contribution in [0.15, 0.2) is 72.1 Å². The summed E-state index contributed by atoms with van der Waals surface area (Å²) >= 11 is 7.92. The standard InChI is InChI=1S/C22H16ClN5S/c1-15-19(23)7-4-8-20(15)28-21(16-9-11-25-12-10-16)26-27-22(28)29-14-18-6-3-2-5-17(18)13-24/h2-12H,14H2,1H3. The van der Waals surface area contributed by atoms with E-state index in [4.69, 9.17) is 11.6 Å². The Morgan fingerprint density at radius 1 is 1.03 bits per heavy atom. The first-order valence-electron chi connectivity index (χ1n) is 8.91. The van der Waals surface area contributed by atoms with Crippen LogP contribution in [0.5, 0.6) is 0 Å². The van der Waals surface area contributed by atoms with Crippen molar-refractivity contribution in [2.75, 3.05) is 0 Å². The summed E-state index contributed by atoms with van der Waals surface area (Å²) in [6, 6.07) is 19.4. The normalized spacial score (nSPS) is 10.7. The fraction of sp³-hybridized carbons (Fsp3) is 0.0909. The topological polar surface area (TPSA) is 67.4 Å². The van der Waals surface area contributed by atoms with Crippen molar-refractivity contribution in [3.63, 3.8) is 0 Å². The molecule has 2 heterocycles. The van der Waals surface area contributed by atoms with Crippen LogP contribution in [0.2, 0.25) is 5.02 Å². The van der Waals surface area contributed by atoms with Gasteiger partial charge < -0.3 is 0 Å². The molecular formula is C22H16ClN5S. The number of aromatic nitrogens is 4. The number of nitrogens with zero attached hydrogens (tertiary/aromatic N) is 5. The third-order valence-corrected chi connectivity index (χ3v) is 5.93. The summed E-state index contributed by atoms with van der Waals surface area (Å²) in [5, 5.41) is 19.7. The summed E-state index contributed by atoms with van der Waals surface area (Å²) in [7, 11) is 0. The molecule has 0 aliphatic carbocycles. The van der Waals surface area contributed by atoms with E-state index in [0.29, 0.717) is 22.2 Å². The predicted octanol–water partition coefficient (Wildman–Crippen LogP) is 5.46. The van der Waals surface area contributed by atoms with Crippen LogP contribution in [-0.4, -0.2) is 19.7 Å². The van der Waals surface area contributed by atoms with Gasteiger partial charge in [0.2, 0.25) is 0 Å². The molecule has 0 bridgehead atoms. The number of nitriles is 1. The number of hydrogen-bond donors (Lipinski definition) is 0. The molecule has 4 rings (SSSR count). The number of rotatable bonds is 5. The molecule has 0 spiro atoms. The Morgan fingerprint density at radius 2 is 1.83 bits per heavy atom. The Hall–Kier alpha value is -3.14. The molecule has 0 aliphatic heterocycles. The maximum Gasteiger partial charge on any atom is 0.196 e. The van der Waals surface area contributed by atoms with Gasteiger partial charge in [0.15, 0.2) is 11.0 Å². The summed E-state index contributed by atoms with van der Waals surface area (Å²) in [4.78, 5) is 4.09. The van der Waals surface area contributed by atoms with Crippen LogP contribution in [-0.2, 0) is 5.75 Å². The highest BCUT2D eigenvalue weighted by Gasteiger charge is 2.18. The second-order valence-corrected chi connectivity index (χ2v) is 7.67. The number of hydrogen-bond acceptors (Lipinski definition) is 5. The Labute approximate surface area is 178 Å². The SMILES string of the molecule is Cc1c(Cl)cccc1-n1c(SCc2ccccc2C#N)nnc1-c1ccncc1. The fourth-order valence-electron chi connectivity index (χ4n) is 3.00. The van der Waals surface area contributed by atoms with Crippen LogP contribution in [0.3, 0.4) is 0 Å². The zero-order valence-electron chi connectivity index (χ0n) is 15.6. The van der Waals surface area contributed by atoms with Gasteiger partial charge in [-0.25, -0.2) is 0 Å². The van der Waals surface area contributed by atoms with Crippen LogP contribution < -0.4 is 0 Å². The number of pyridine rings is 1. The monoisotopic (exact) mass is 417 g/mol. The van der Waals surface area contributed by atoms with E-state index in [2.05, 4.69) is 21.3 Å². The van der Waals surface area contributed by atoms with Gasteiger partial charge in [-0.15, -0.1) is 10.2 Å². The molecule has 2 aromatic carbocycles. The smallest absolute Gasteiger partial charge is 0.196 e. The second kappa shape index (κ2) is 8.48. The Morgan fingerprint density at radius 3 is 2.62 bits per heavy atom. The molecule has 142 valence electrons. The minimum Gasteiger partial charge on any atom is -0.270 e. The fourth-order valence-corrected chi connectivity index (χ4v) is 4.12. The summed E-state index contributed by atoms with van der Waals surface area (Å²) in [5.74, 6) is 1.33. The third kappa shape index (κ3) is 3.88. The quantitative estimate of drug-likeness (QED) is 0.403. The van der Waals surface area contributed by atoms with E-state index in [1.165, 1.54) is 11.8 Å². The molecular weight excluding hydrogens is 402 g/mol. The van der Waals surface area contributed by atoms with E-state index >= 15 is 0 Å². The van der Waals surface area contributed by atoms with Crippen LogP contribution in [0.1, 0.15) is 16.7 Å². The number of halogens is 1. The Balaban J connectivity index is 1.80. The van der Waals surface area contributed by atoms with Crippen molar-refractivity contribution in [2.24, 2.45) is 0 Å². The zero-order valence-corrected chi connectivity index (χ0v) is 17.2. The third-order valence-electron chi connectivity index (χ3n) is 4.55. The van der Waals surface area contributed by atoms with Gasteiger partial charge in [-0.3, -0.25) is 9.55 Å². The predicted molar refractivity (Wildman–Crippen MR) is 115 cm³/mol. The first-order chi connectivity index (χ1) is 14.2. The lowest BCUT2D eigenvalue weighted by atomic mass is 10.1. The van der Waals surface area contributed by atoms with Gasteiger partial charge in [-0.1, -0.05) is 47.6 Å². The van der Waals surface area contributed by atoms with Gasteiger partial charge in [0.1, 0.15) is 0 Å². The molecule has 29 heavy (non-hydrogen) atoms. The van der Waals surface area contributed by atoms with Crippen molar-refractivity contribution < 1.29 is 0 Å². The summed E-state index contributed by atoms with van der Waals surface area (Å²) in [5.41, 5.74) is 4.41. The molecule has 0 fully saturated rings. The molecule has 0 saturated heterocycles. The first-order valence-corrected chi connectivity index (χ1v) is 10.3. The van der Waals surface area contributed by atoms with Crippen molar-refractivity contribution in [3.05, 3.63) is 88.7 Å². The van der Waals surface area contributed by atoms with Crippen molar-refractivity contribution in [1.82, 2.24) is 19.7 Å². The van der Waals surface area contributed by atoms with Gasteiger partial charge >= 0.3 is 0 Å². The van der Waals surface area contributed by atoms with Crippen LogP contribution in [0, 0.1) is 18.3 Å². The van der Waals surface area contributed by atoms with Crippen molar-refractivity contribution in [1.29, 1.82) is 5.26 Å². The largest absolute Gasteiger partial charge is 0.270 e. The minimum atomic E-state index is 0.609. The summed E-state index contributed by atoms with van der Waals surface area (Å²) in [6.07, 6.45) is 3.46. The molecule has 0 unspecified atom stereocenters. The minimum absolute atomic E-state index is 0.609. The lowest BCUT2D eigenvalue weighted by Crippen LogP contribution is -2.02. The van der Waals surface area contributed by atoms with Crippen molar-refractivity contribution in [2.45, 2.75) is 17.8 Å². The summed E-state index contributed by atoms with van der Waals surface area (Å²) < 4.78 is 2.01. The average Bonchev–Trinajstić information content (AvgIpc) is 3.18.